The van der Waals surface area contributed by atoms with Gasteiger partial charge in [0.15, 0.2) is 15.0 Å². The molecule has 0 aliphatic carbocycles. The molecule has 0 N–H and O–H groups in total. The Hall–Kier alpha value is -2.73. The average Bonchev–Trinajstić information content (AvgIpc) is 3.36. The molecule has 206 valence electrons. The molecule has 1 saturated heterocycles. The number of thiazole rings is 1. The zero-order chi connectivity index (χ0) is 27.3. The molecule has 0 bridgehead atoms. The molecule has 3 aromatic rings. The predicted molar refractivity (Wildman–Crippen MR) is 149 cm³/mol. The monoisotopic (exact) mass is 561 g/mol. The van der Waals surface area contributed by atoms with Crippen LogP contribution in [0.15, 0.2) is 41.3 Å². The van der Waals surface area contributed by atoms with E-state index in [0.29, 0.717) is 28.7 Å². The van der Waals surface area contributed by atoms with Gasteiger partial charge in [0, 0.05) is 26.2 Å². The van der Waals surface area contributed by atoms with Crippen molar-refractivity contribution in [1.82, 2.24) is 9.88 Å². The van der Waals surface area contributed by atoms with Crippen LogP contribution >= 0.6 is 11.3 Å². The summed E-state index contributed by atoms with van der Waals surface area (Å²) in [7, 11) is -0.175. The van der Waals surface area contributed by atoms with Crippen LogP contribution in [0.4, 0.5) is 5.13 Å². The molecule has 1 aliphatic rings. The predicted octanol–water partition coefficient (Wildman–Crippen LogP) is 3.79. The summed E-state index contributed by atoms with van der Waals surface area (Å²) >= 11 is 1.40. The van der Waals surface area contributed by atoms with E-state index in [2.05, 4.69) is 4.90 Å². The third kappa shape index (κ3) is 6.28. The highest BCUT2D eigenvalue weighted by Gasteiger charge is 2.24. The summed E-state index contributed by atoms with van der Waals surface area (Å²) < 4.78 is 42.3. The van der Waals surface area contributed by atoms with Crippen molar-refractivity contribution in [3.63, 3.8) is 0 Å². The highest BCUT2D eigenvalue weighted by molar-refractivity contribution is 7.92. The maximum atomic E-state index is 13.6. The molecule has 38 heavy (non-hydrogen) atoms. The molecule has 4 rings (SSSR count). The Morgan fingerprint density at radius 2 is 1.74 bits per heavy atom. The van der Waals surface area contributed by atoms with Crippen LogP contribution in [0.25, 0.3) is 10.2 Å². The molecule has 0 unspecified atom stereocenters. The number of fused-ring (bicyclic) bond motifs is 1. The van der Waals surface area contributed by atoms with Crippen molar-refractivity contribution < 1.29 is 27.4 Å². The average molecular weight is 562 g/mol. The lowest BCUT2D eigenvalue weighted by atomic mass is 10.1. The van der Waals surface area contributed by atoms with Gasteiger partial charge in [0.2, 0.25) is 5.91 Å². The number of carbonyl (C=O) groups is 1. The first-order valence-corrected chi connectivity index (χ1v) is 15.1. The summed E-state index contributed by atoms with van der Waals surface area (Å²) in [5, 5.41) is 0.0683. The van der Waals surface area contributed by atoms with Gasteiger partial charge in [0.25, 0.3) is 0 Å². The molecule has 1 aliphatic heterocycles. The first kappa shape index (κ1) is 28.3. The standard InChI is InChI=1S/C27H35N3O6S2/c1-19(2)38(32,33)21-8-6-20(7-9-21)18-24(31)30(13-5-12-29-14-16-36-17-15-29)27-28-25-22(34-3)10-11-23(35-4)26(25)37-27/h6-11,19H,5,12-18H2,1-4H3. The van der Waals surface area contributed by atoms with Gasteiger partial charge in [-0.3, -0.25) is 14.6 Å². The van der Waals surface area contributed by atoms with Crippen molar-refractivity contribution in [3.05, 3.63) is 42.0 Å². The number of sulfone groups is 1. The maximum absolute atomic E-state index is 13.6. The molecular formula is C27H35N3O6S2. The van der Waals surface area contributed by atoms with Crippen molar-refractivity contribution in [2.75, 3.05) is 58.5 Å². The van der Waals surface area contributed by atoms with Crippen LogP contribution < -0.4 is 14.4 Å². The van der Waals surface area contributed by atoms with Crippen molar-refractivity contribution >= 4 is 42.4 Å². The first-order chi connectivity index (χ1) is 18.2. The third-order valence-corrected chi connectivity index (χ3v) is 9.88. The smallest absolute Gasteiger partial charge is 0.233 e. The van der Waals surface area contributed by atoms with E-state index in [4.69, 9.17) is 19.2 Å². The number of aromatic nitrogens is 1. The number of anilines is 1. The van der Waals surface area contributed by atoms with Crippen LogP contribution in [-0.2, 0) is 25.8 Å². The van der Waals surface area contributed by atoms with E-state index in [1.165, 1.54) is 11.3 Å². The fraction of sp³-hybridized carbons (Fsp3) is 0.481. The van der Waals surface area contributed by atoms with Gasteiger partial charge in [-0.2, -0.15) is 0 Å². The maximum Gasteiger partial charge on any atom is 0.233 e. The zero-order valence-electron chi connectivity index (χ0n) is 22.3. The van der Waals surface area contributed by atoms with Crippen LogP contribution in [0.5, 0.6) is 11.5 Å². The number of nitrogens with zero attached hydrogens (tertiary/aromatic N) is 3. The van der Waals surface area contributed by atoms with Gasteiger partial charge in [-0.15, -0.1) is 0 Å². The number of hydrogen-bond acceptors (Lipinski definition) is 9. The summed E-state index contributed by atoms with van der Waals surface area (Å²) in [4.78, 5) is 22.8. The summed E-state index contributed by atoms with van der Waals surface area (Å²) in [6.45, 7) is 7.88. The lowest BCUT2D eigenvalue weighted by Crippen LogP contribution is -2.39. The quantitative estimate of drug-likeness (QED) is 0.349. The number of carbonyl (C=O) groups excluding carboxylic acids is 1. The van der Waals surface area contributed by atoms with Crippen molar-refractivity contribution in [3.8, 4) is 11.5 Å². The molecule has 2 heterocycles. The van der Waals surface area contributed by atoms with Crippen LogP contribution in [0.1, 0.15) is 25.8 Å². The molecule has 11 heteroatoms. The molecule has 1 fully saturated rings. The second-order valence-corrected chi connectivity index (χ2v) is 12.9. The van der Waals surface area contributed by atoms with Gasteiger partial charge >= 0.3 is 0 Å². The minimum atomic E-state index is -3.37. The largest absolute Gasteiger partial charge is 0.495 e. The third-order valence-electron chi connectivity index (χ3n) is 6.62. The normalized spacial score (nSPS) is 14.7. The first-order valence-electron chi connectivity index (χ1n) is 12.7. The number of amides is 1. The van der Waals surface area contributed by atoms with Crippen LogP contribution in [-0.4, -0.2) is 83.1 Å². The molecule has 2 aromatic carbocycles. The molecular weight excluding hydrogens is 526 g/mol. The Morgan fingerprint density at radius 3 is 2.37 bits per heavy atom. The Balaban J connectivity index is 1.59. The highest BCUT2D eigenvalue weighted by atomic mass is 32.2. The molecule has 0 radical (unpaired) electrons. The number of hydrogen-bond donors (Lipinski definition) is 0. The van der Waals surface area contributed by atoms with Gasteiger partial charge in [0.05, 0.1) is 44.0 Å². The molecule has 9 nitrogen and oxygen atoms in total. The number of rotatable bonds is 11. The fourth-order valence-electron chi connectivity index (χ4n) is 4.33. The van der Waals surface area contributed by atoms with Gasteiger partial charge in [0.1, 0.15) is 21.7 Å². The summed E-state index contributed by atoms with van der Waals surface area (Å²) in [5.74, 6) is 1.18. The Morgan fingerprint density at radius 1 is 1.08 bits per heavy atom. The second kappa shape index (κ2) is 12.4. The molecule has 1 aromatic heterocycles. The van der Waals surface area contributed by atoms with Gasteiger partial charge in [-0.05, 0) is 50.1 Å². The van der Waals surface area contributed by atoms with E-state index in [9.17, 15) is 13.2 Å². The van der Waals surface area contributed by atoms with Crippen LogP contribution in [0.2, 0.25) is 0 Å². The summed E-state index contributed by atoms with van der Waals surface area (Å²) in [6.07, 6.45) is 0.908. The number of methoxy groups -OCH3 is 2. The number of benzene rings is 2. The molecule has 1 amide bonds. The summed E-state index contributed by atoms with van der Waals surface area (Å²) in [6, 6.07) is 10.2. The van der Waals surface area contributed by atoms with E-state index in [1.54, 1.807) is 57.2 Å². The zero-order valence-corrected chi connectivity index (χ0v) is 23.9. The fourth-order valence-corrected chi connectivity index (χ4v) is 6.51. The van der Waals surface area contributed by atoms with E-state index < -0.39 is 15.1 Å². The Kier molecular flexibility index (Phi) is 9.24. The lowest BCUT2D eigenvalue weighted by molar-refractivity contribution is -0.118. The van der Waals surface area contributed by atoms with Gasteiger partial charge in [-0.1, -0.05) is 23.5 Å². The Labute approximate surface area is 228 Å². The molecule has 0 spiro atoms. The minimum absolute atomic E-state index is 0.108. The second-order valence-electron chi connectivity index (χ2n) is 9.41. The summed E-state index contributed by atoms with van der Waals surface area (Å²) in [5.41, 5.74) is 1.40. The van der Waals surface area contributed by atoms with E-state index >= 15 is 0 Å². The number of morpholine rings is 1. The van der Waals surface area contributed by atoms with Crippen LogP contribution in [0.3, 0.4) is 0 Å². The SMILES string of the molecule is COc1ccc(OC)c2sc(N(CCCN3CCOCC3)C(=O)Cc3ccc(S(=O)(=O)C(C)C)cc3)nc12. The van der Waals surface area contributed by atoms with E-state index in [0.717, 1.165) is 49.5 Å². The highest BCUT2D eigenvalue weighted by Crippen LogP contribution is 2.40. The topological polar surface area (TPSA) is 98.3 Å². The molecule has 0 atom stereocenters. The van der Waals surface area contributed by atoms with Gasteiger partial charge < -0.3 is 14.2 Å². The van der Waals surface area contributed by atoms with Crippen molar-refractivity contribution in [1.29, 1.82) is 0 Å². The molecule has 0 saturated carbocycles. The lowest BCUT2D eigenvalue weighted by Gasteiger charge is -2.27. The van der Waals surface area contributed by atoms with E-state index in [1.807, 2.05) is 12.1 Å². The van der Waals surface area contributed by atoms with Crippen molar-refractivity contribution in [2.24, 2.45) is 0 Å². The van der Waals surface area contributed by atoms with Gasteiger partial charge in [-0.25, -0.2) is 13.4 Å². The van der Waals surface area contributed by atoms with E-state index in [-0.39, 0.29) is 17.2 Å². The van der Waals surface area contributed by atoms with Crippen LogP contribution in [0, 0.1) is 0 Å². The Bertz CT molecular complexity index is 1310. The number of ether oxygens (including phenoxy) is 3. The minimum Gasteiger partial charge on any atom is -0.495 e. The van der Waals surface area contributed by atoms with Crippen molar-refractivity contribution in [2.45, 2.75) is 36.8 Å².